The lowest BCUT2D eigenvalue weighted by atomic mass is 9.73. The molecule has 5 nitrogen and oxygen atoms in total. The molecule has 2 aromatic rings. The standard InChI is InChI=1S/C20H24N2O3/c1-3-12-11-22-7-6-13(12)8-17(22)20(24)19-15-9-14(25-2)4-5-16(15)21-10-18(19)23/h3-5,9-10,12-13,17,20,23-24H,1,6-8,11H2,2H3/t12-,13-,17-,20-/m0/s1. The fourth-order valence-corrected chi connectivity index (χ4v) is 4.52. The molecule has 4 heterocycles. The molecular weight excluding hydrogens is 316 g/mol. The number of aromatic hydroxyl groups is 1. The van der Waals surface area contributed by atoms with Gasteiger partial charge < -0.3 is 14.9 Å². The molecule has 1 aromatic carbocycles. The van der Waals surface area contributed by atoms with E-state index in [1.165, 1.54) is 6.20 Å². The number of aliphatic hydroxyl groups excluding tert-OH is 1. The minimum Gasteiger partial charge on any atom is -0.506 e. The zero-order chi connectivity index (χ0) is 17.6. The van der Waals surface area contributed by atoms with Gasteiger partial charge in [0.05, 0.1) is 24.9 Å². The monoisotopic (exact) mass is 340 g/mol. The summed E-state index contributed by atoms with van der Waals surface area (Å²) in [6.07, 6.45) is 4.79. The number of nitrogens with zero attached hydrogens (tertiary/aromatic N) is 2. The van der Waals surface area contributed by atoms with Crippen LogP contribution < -0.4 is 4.74 Å². The topological polar surface area (TPSA) is 65.8 Å². The molecule has 5 heteroatoms. The van der Waals surface area contributed by atoms with Crippen LogP contribution in [0.4, 0.5) is 0 Å². The van der Waals surface area contributed by atoms with Crippen molar-refractivity contribution in [3.05, 3.63) is 42.6 Å². The van der Waals surface area contributed by atoms with Crippen LogP contribution in [-0.4, -0.2) is 46.3 Å². The lowest BCUT2D eigenvalue weighted by Gasteiger charge is -2.50. The number of fused-ring (bicyclic) bond motifs is 4. The molecule has 1 unspecified atom stereocenters. The molecule has 0 radical (unpaired) electrons. The Labute approximate surface area is 147 Å². The third-order valence-corrected chi connectivity index (χ3v) is 5.91. The van der Waals surface area contributed by atoms with Crippen molar-refractivity contribution in [1.29, 1.82) is 0 Å². The van der Waals surface area contributed by atoms with Crippen molar-refractivity contribution < 1.29 is 14.9 Å². The van der Waals surface area contributed by atoms with Crippen LogP contribution in [0.5, 0.6) is 11.5 Å². The Morgan fingerprint density at radius 2 is 2.28 bits per heavy atom. The number of piperidine rings is 3. The number of methoxy groups -OCH3 is 1. The molecule has 0 saturated carbocycles. The maximum Gasteiger partial charge on any atom is 0.140 e. The summed E-state index contributed by atoms with van der Waals surface area (Å²) in [6, 6.07) is 5.54. The molecule has 5 atom stereocenters. The average molecular weight is 340 g/mol. The van der Waals surface area contributed by atoms with E-state index in [1.54, 1.807) is 7.11 Å². The van der Waals surface area contributed by atoms with E-state index >= 15 is 0 Å². The number of aliphatic hydroxyl groups is 1. The average Bonchev–Trinajstić information content (AvgIpc) is 2.67. The smallest absolute Gasteiger partial charge is 0.140 e. The summed E-state index contributed by atoms with van der Waals surface area (Å²) in [5, 5.41) is 22.4. The van der Waals surface area contributed by atoms with Crippen LogP contribution in [0.15, 0.2) is 37.1 Å². The van der Waals surface area contributed by atoms with Gasteiger partial charge >= 0.3 is 0 Å². The van der Waals surface area contributed by atoms with Gasteiger partial charge in [0.1, 0.15) is 11.5 Å². The Balaban J connectivity index is 1.74. The predicted molar refractivity (Wildman–Crippen MR) is 96.7 cm³/mol. The van der Waals surface area contributed by atoms with E-state index in [0.717, 1.165) is 36.8 Å². The highest BCUT2D eigenvalue weighted by atomic mass is 16.5. The van der Waals surface area contributed by atoms with Gasteiger partial charge in [-0.25, -0.2) is 0 Å². The molecular formula is C20H24N2O3. The van der Waals surface area contributed by atoms with Gasteiger partial charge in [-0.05, 0) is 49.4 Å². The van der Waals surface area contributed by atoms with Gasteiger partial charge in [0.25, 0.3) is 0 Å². The van der Waals surface area contributed by atoms with Crippen LogP contribution in [0.1, 0.15) is 24.5 Å². The van der Waals surface area contributed by atoms with E-state index in [1.807, 2.05) is 24.3 Å². The molecule has 3 fully saturated rings. The highest BCUT2D eigenvalue weighted by Crippen LogP contribution is 2.44. The molecule has 132 valence electrons. The molecule has 3 aliphatic heterocycles. The predicted octanol–water partition coefficient (Wildman–Crippen LogP) is 2.88. The number of ether oxygens (including phenoxy) is 1. The van der Waals surface area contributed by atoms with Gasteiger partial charge in [-0.2, -0.15) is 0 Å². The number of hydrogen-bond acceptors (Lipinski definition) is 5. The van der Waals surface area contributed by atoms with E-state index < -0.39 is 6.10 Å². The summed E-state index contributed by atoms with van der Waals surface area (Å²) in [4.78, 5) is 6.61. The van der Waals surface area contributed by atoms with Crippen molar-refractivity contribution in [3.63, 3.8) is 0 Å². The van der Waals surface area contributed by atoms with Gasteiger partial charge in [0, 0.05) is 23.5 Å². The molecule has 0 amide bonds. The lowest BCUT2D eigenvalue weighted by molar-refractivity contribution is -0.0450. The number of pyridine rings is 1. The van der Waals surface area contributed by atoms with Crippen molar-refractivity contribution in [2.45, 2.75) is 25.0 Å². The first-order chi connectivity index (χ1) is 12.1. The summed E-state index contributed by atoms with van der Waals surface area (Å²) >= 11 is 0. The van der Waals surface area contributed by atoms with E-state index in [4.69, 9.17) is 4.74 Å². The number of rotatable bonds is 4. The van der Waals surface area contributed by atoms with Crippen LogP contribution in [0.3, 0.4) is 0 Å². The van der Waals surface area contributed by atoms with Crippen molar-refractivity contribution in [1.82, 2.24) is 9.88 Å². The third-order valence-electron chi connectivity index (χ3n) is 5.91. The normalized spacial score (nSPS) is 29.5. The largest absolute Gasteiger partial charge is 0.506 e. The zero-order valence-corrected chi connectivity index (χ0v) is 14.4. The first-order valence-corrected chi connectivity index (χ1v) is 8.82. The SMILES string of the molecule is C=C[C@H]1CN2CC[C@H]1C[C@H]2[C@H](O)c1c(O)cnc2ccc(OC)cc12. The highest BCUT2D eigenvalue weighted by Gasteiger charge is 2.42. The van der Waals surface area contributed by atoms with Gasteiger partial charge in [-0.15, -0.1) is 6.58 Å². The van der Waals surface area contributed by atoms with Crippen LogP contribution in [0, 0.1) is 11.8 Å². The second-order valence-electron chi connectivity index (χ2n) is 7.13. The zero-order valence-electron chi connectivity index (χ0n) is 14.4. The van der Waals surface area contributed by atoms with Crippen LogP contribution in [0.25, 0.3) is 10.9 Å². The second-order valence-corrected chi connectivity index (χ2v) is 7.13. The molecule has 2 bridgehead atoms. The second kappa shape index (κ2) is 6.32. The molecule has 1 aromatic heterocycles. The van der Waals surface area contributed by atoms with Crippen molar-refractivity contribution >= 4 is 10.9 Å². The van der Waals surface area contributed by atoms with Crippen LogP contribution in [0.2, 0.25) is 0 Å². The van der Waals surface area contributed by atoms with Gasteiger partial charge in [0.2, 0.25) is 0 Å². The van der Waals surface area contributed by atoms with Gasteiger partial charge in [-0.1, -0.05) is 6.08 Å². The summed E-state index contributed by atoms with van der Waals surface area (Å²) in [7, 11) is 1.61. The van der Waals surface area contributed by atoms with E-state index in [0.29, 0.717) is 23.1 Å². The van der Waals surface area contributed by atoms with E-state index in [-0.39, 0.29) is 11.8 Å². The summed E-state index contributed by atoms with van der Waals surface area (Å²) < 4.78 is 5.31. The first-order valence-electron chi connectivity index (χ1n) is 8.82. The Morgan fingerprint density at radius 3 is 2.96 bits per heavy atom. The fourth-order valence-electron chi connectivity index (χ4n) is 4.52. The molecule has 25 heavy (non-hydrogen) atoms. The number of hydrogen-bond donors (Lipinski definition) is 2. The highest BCUT2D eigenvalue weighted by molar-refractivity contribution is 5.85. The molecule has 2 N–H and O–H groups in total. The molecule has 0 aliphatic carbocycles. The van der Waals surface area contributed by atoms with Crippen LogP contribution in [-0.2, 0) is 0 Å². The fraction of sp³-hybridized carbons (Fsp3) is 0.450. The Hall–Kier alpha value is -2.11. The van der Waals surface area contributed by atoms with E-state index in [2.05, 4.69) is 16.5 Å². The Kier molecular flexibility index (Phi) is 4.13. The van der Waals surface area contributed by atoms with Crippen molar-refractivity contribution in [3.8, 4) is 11.5 Å². The Bertz CT molecular complexity index is 807. The maximum atomic E-state index is 11.2. The van der Waals surface area contributed by atoms with Gasteiger partial charge in [-0.3, -0.25) is 9.88 Å². The molecule has 3 aliphatic rings. The molecule has 0 spiro atoms. The first kappa shape index (κ1) is 16.4. The minimum absolute atomic E-state index is 0.0117. The summed E-state index contributed by atoms with van der Waals surface area (Å²) in [5.74, 6) is 1.79. The Morgan fingerprint density at radius 1 is 1.44 bits per heavy atom. The summed E-state index contributed by atoms with van der Waals surface area (Å²) in [6.45, 7) is 5.88. The molecule has 5 rings (SSSR count). The number of benzene rings is 1. The maximum absolute atomic E-state index is 11.2. The molecule has 3 saturated heterocycles. The number of aromatic nitrogens is 1. The van der Waals surface area contributed by atoms with Crippen LogP contribution >= 0.6 is 0 Å². The van der Waals surface area contributed by atoms with Gasteiger partial charge in [0.15, 0.2) is 0 Å². The quantitative estimate of drug-likeness (QED) is 0.838. The van der Waals surface area contributed by atoms with E-state index in [9.17, 15) is 10.2 Å². The van der Waals surface area contributed by atoms with Crippen molar-refractivity contribution in [2.75, 3.05) is 20.2 Å². The minimum atomic E-state index is -0.758. The van der Waals surface area contributed by atoms with Crippen molar-refractivity contribution in [2.24, 2.45) is 11.8 Å². The summed E-state index contributed by atoms with van der Waals surface area (Å²) in [5.41, 5.74) is 1.30. The third kappa shape index (κ3) is 2.68. The lowest BCUT2D eigenvalue weighted by Crippen LogP contribution is -2.54.